The Morgan fingerprint density at radius 3 is 2.59 bits per heavy atom. The summed E-state index contributed by atoms with van der Waals surface area (Å²) in [4.78, 5) is 14.5. The summed E-state index contributed by atoms with van der Waals surface area (Å²) >= 11 is 1.46. The van der Waals surface area contributed by atoms with E-state index in [-0.39, 0.29) is 17.0 Å². The standard InChI is InChI=1S/C21H22FN3OS/c1-2-3-9-19-20(26)25(15-17-10-12-18(22)13-11-17)21(27-19)24-23-14-16-7-5-4-6-8-16/h4-8,10-14,19H,2-3,9,15H2,1H3/b23-14-,24-21-/t19-/m0/s1. The summed E-state index contributed by atoms with van der Waals surface area (Å²) in [6.45, 7) is 2.48. The van der Waals surface area contributed by atoms with E-state index in [4.69, 9.17) is 0 Å². The zero-order valence-electron chi connectivity index (χ0n) is 15.2. The summed E-state index contributed by atoms with van der Waals surface area (Å²) < 4.78 is 13.2. The third kappa shape index (κ3) is 5.26. The number of amides is 1. The van der Waals surface area contributed by atoms with Gasteiger partial charge in [0.25, 0.3) is 0 Å². The lowest BCUT2D eigenvalue weighted by Gasteiger charge is -2.15. The summed E-state index contributed by atoms with van der Waals surface area (Å²) in [5, 5.41) is 8.94. The van der Waals surface area contributed by atoms with E-state index in [2.05, 4.69) is 17.1 Å². The average molecular weight is 383 g/mol. The Labute approximate surface area is 163 Å². The molecule has 6 heteroatoms. The lowest BCUT2D eigenvalue weighted by molar-refractivity contribution is -0.126. The number of amidine groups is 1. The van der Waals surface area contributed by atoms with Gasteiger partial charge in [-0.05, 0) is 29.7 Å². The van der Waals surface area contributed by atoms with E-state index in [0.29, 0.717) is 11.7 Å². The van der Waals surface area contributed by atoms with Gasteiger partial charge in [0.1, 0.15) is 5.82 Å². The highest BCUT2D eigenvalue weighted by Crippen LogP contribution is 2.32. The smallest absolute Gasteiger partial charge is 0.242 e. The number of nitrogens with zero attached hydrogens (tertiary/aromatic N) is 3. The van der Waals surface area contributed by atoms with Gasteiger partial charge < -0.3 is 0 Å². The van der Waals surface area contributed by atoms with Crippen LogP contribution in [0.5, 0.6) is 0 Å². The fraction of sp³-hybridized carbons (Fsp3) is 0.286. The van der Waals surface area contributed by atoms with Gasteiger partial charge in [-0.2, -0.15) is 5.10 Å². The summed E-state index contributed by atoms with van der Waals surface area (Å²) in [5.41, 5.74) is 1.81. The number of benzene rings is 2. The molecule has 3 rings (SSSR count). The summed E-state index contributed by atoms with van der Waals surface area (Å²) in [6, 6.07) is 15.9. The van der Waals surface area contributed by atoms with Gasteiger partial charge in [-0.1, -0.05) is 74.0 Å². The van der Waals surface area contributed by atoms with Crippen LogP contribution in [-0.2, 0) is 11.3 Å². The van der Waals surface area contributed by atoms with Crippen LogP contribution in [0.1, 0.15) is 37.3 Å². The highest BCUT2D eigenvalue weighted by Gasteiger charge is 2.37. The lowest BCUT2D eigenvalue weighted by atomic mass is 10.1. The fourth-order valence-corrected chi connectivity index (χ4v) is 3.90. The molecule has 2 aromatic rings. The topological polar surface area (TPSA) is 45.0 Å². The predicted octanol–water partition coefficient (Wildman–Crippen LogP) is 4.85. The molecule has 4 nitrogen and oxygen atoms in total. The molecule has 0 unspecified atom stereocenters. The third-order valence-electron chi connectivity index (χ3n) is 4.24. The summed E-state index contributed by atoms with van der Waals surface area (Å²) in [6.07, 6.45) is 4.53. The maximum Gasteiger partial charge on any atom is 0.242 e. The van der Waals surface area contributed by atoms with Crippen molar-refractivity contribution >= 4 is 29.1 Å². The first-order chi connectivity index (χ1) is 13.2. The first-order valence-corrected chi connectivity index (χ1v) is 9.94. The van der Waals surface area contributed by atoms with Crippen LogP contribution in [0.25, 0.3) is 0 Å². The number of unbranched alkanes of at least 4 members (excludes halogenated alkanes) is 1. The molecule has 1 fully saturated rings. The Bertz CT molecular complexity index is 821. The van der Waals surface area contributed by atoms with Crippen LogP contribution < -0.4 is 0 Å². The molecular formula is C21H22FN3OS. The minimum Gasteiger partial charge on any atom is -0.284 e. The molecule has 1 atom stereocenters. The van der Waals surface area contributed by atoms with Crippen molar-refractivity contribution in [2.45, 2.75) is 38.0 Å². The highest BCUT2D eigenvalue weighted by atomic mass is 32.2. The van der Waals surface area contributed by atoms with Crippen molar-refractivity contribution in [3.8, 4) is 0 Å². The van der Waals surface area contributed by atoms with Gasteiger partial charge in [0.15, 0.2) is 5.17 Å². The van der Waals surface area contributed by atoms with Gasteiger partial charge in [-0.25, -0.2) is 4.39 Å². The second-order valence-electron chi connectivity index (χ2n) is 6.34. The van der Waals surface area contributed by atoms with Gasteiger partial charge >= 0.3 is 0 Å². The molecule has 1 aliphatic rings. The molecule has 0 aromatic heterocycles. The predicted molar refractivity (Wildman–Crippen MR) is 109 cm³/mol. The molecule has 1 aliphatic heterocycles. The second kappa shape index (κ2) is 9.46. The largest absolute Gasteiger partial charge is 0.284 e. The van der Waals surface area contributed by atoms with Crippen LogP contribution in [0.2, 0.25) is 0 Å². The number of hydrogen-bond donors (Lipinski definition) is 0. The molecule has 1 saturated heterocycles. The summed E-state index contributed by atoms with van der Waals surface area (Å²) in [5.74, 6) is -0.241. The molecule has 1 amide bonds. The number of carbonyl (C=O) groups excluding carboxylic acids is 1. The normalized spacial score (nSPS) is 18.7. The molecule has 0 spiro atoms. The molecule has 0 N–H and O–H groups in total. The molecule has 0 saturated carbocycles. The Kier molecular flexibility index (Phi) is 6.76. The minimum absolute atomic E-state index is 0.0476. The zero-order valence-corrected chi connectivity index (χ0v) is 16.0. The quantitative estimate of drug-likeness (QED) is 0.507. The van der Waals surface area contributed by atoms with Crippen molar-refractivity contribution in [3.05, 3.63) is 71.5 Å². The SMILES string of the molecule is CCCC[C@@H]1S/C(=N\N=C/c2ccccc2)N(Cc2ccc(F)cc2)C1=O. The molecule has 0 bridgehead atoms. The van der Waals surface area contributed by atoms with Crippen LogP contribution in [0, 0.1) is 5.82 Å². The number of thioether (sulfide) groups is 1. The Morgan fingerprint density at radius 1 is 1.15 bits per heavy atom. The lowest BCUT2D eigenvalue weighted by Crippen LogP contribution is -2.31. The van der Waals surface area contributed by atoms with Crippen molar-refractivity contribution in [2.75, 3.05) is 0 Å². The molecule has 2 aromatic carbocycles. The summed E-state index contributed by atoms with van der Waals surface area (Å²) in [7, 11) is 0. The molecule has 0 aliphatic carbocycles. The maximum absolute atomic E-state index is 13.2. The third-order valence-corrected chi connectivity index (χ3v) is 5.48. The van der Waals surface area contributed by atoms with Crippen LogP contribution in [0.3, 0.4) is 0 Å². The second-order valence-corrected chi connectivity index (χ2v) is 7.51. The van der Waals surface area contributed by atoms with Crippen molar-refractivity contribution in [1.29, 1.82) is 0 Å². The van der Waals surface area contributed by atoms with E-state index in [1.165, 1.54) is 23.9 Å². The first-order valence-electron chi connectivity index (χ1n) is 9.06. The van der Waals surface area contributed by atoms with Gasteiger partial charge in [0.05, 0.1) is 18.0 Å². The zero-order chi connectivity index (χ0) is 19.1. The maximum atomic E-state index is 13.2. The number of hydrogen-bond acceptors (Lipinski definition) is 4. The molecule has 140 valence electrons. The van der Waals surface area contributed by atoms with Gasteiger partial charge in [0, 0.05) is 0 Å². The van der Waals surface area contributed by atoms with Gasteiger partial charge in [-0.3, -0.25) is 9.69 Å². The van der Waals surface area contributed by atoms with Crippen LogP contribution in [-0.4, -0.2) is 27.4 Å². The molecule has 27 heavy (non-hydrogen) atoms. The van der Waals surface area contributed by atoms with Crippen molar-refractivity contribution in [1.82, 2.24) is 4.90 Å². The first kappa shape index (κ1) is 19.3. The van der Waals surface area contributed by atoms with Crippen LogP contribution >= 0.6 is 11.8 Å². The molecule has 1 heterocycles. The number of halogens is 1. The monoisotopic (exact) mass is 383 g/mol. The van der Waals surface area contributed by atoms with E-state index < -0.39 is 0 Å². The molecular weight excluding hydrogens is 361 g/mol. The van der Waals surface area contributed by atoms with Crippen molar-refractivity contribution < 1.29 is 9.18 Å². The fourth-order valence-electron chi connectivity index (χ4n) is 2.76. The van der Waals surface area contributed by atoms with Gasteiger partial charge in [-0.15, -0.1) is 5.10 Å². The highest BCUT2D eigenvalue weighted by molar-refractivity contribution is 8.15. The Balaban J connectivity index is 1.78. The van der Waals surface area contributed by atoms with E-state index in [0.717, 1.165) is 30.4 Å². The minimum atomic E-state index is -0.289. The Hall–Kier alpha value is -2.47. The van der Waals surface area contributed by atoms with E-state index in [9.17, 15) is 9.18 Å². The van der Waals surface area contributed by atoms with E-state index in [1.807, 2.05) is 30.3 Å². The Morgan fingerprint density at radius 2 is 1.89 bits per heavy atom. The van der Waals surface area contributed by atoms with Crippen molar-refractivity contribution in [3.63, 3.8) is 0 Å². The average Bonchev–Trinajstić information content (AvgIpc) is 2.98. The van der Waals surface area contributed by atoms with Crippen LogP contribution in [0.15, 0.2) is 64.8 Å². The molecule has 0 radical (unpaired) electrons. The van der Waals surface area contributed by atoms with E-state index >= 15 is 0 Å². The number of rotatable bonds is 7. The number of carbonyl (C=O) groups is 1. The van der Waals surface area contributed by atoms with E-state index in [1.54, 1.807) is 23.2 Å². The van der Waals surface area contributed by atoms with Gasteiger partial charge in [0.2, 0.25) is 5.91 Å². The van der Waals surface area contributed by atoms with Crippen LogP contribution in [0.4, 0.5) is 4.39 Å². The van der Waals surface area contributed by atoms with Crippen molar-refractivity contribution in [2.24, 2.45) is 10.2 Å².